The summed E-state index contributed by atoms with van der Waals surface area (Å²) in [7, 11) is 0. The van der Waals surface area contributed by atoms with E-state index >= 15 is 0 Å². The van der Waals surface area contributed by atoms with Gasteiger partial charge in [-0.3, -0.25) is 14.9 Å². The molecule has 0 saturated heterocycles. The van der Waals surface area contributed by atoms with Crippen LogP contribution in [0.2, 0.25) is 5.02 Å². The maximum atomic E-state index is 11.9. The van der Waals surface area contributed by atoms with Gasteiger partial charge < -0.3 is 0 Å². The number of hydrazone groups is 1. The first-order valence-electron chi connectivity index (χ1n) is 6.98. The Bertz CT molecular complexity index is 814. The minimum absolute atomic E-state index is 0.0306. The molecule has 0 aliphatic heterocycles. The third-order valence-electron chi connectivity index (χ3n) is 3.09. The second-order valence-corrected chi connectivity index (χ2v) is 5.32. The molecule has 2 aromatic carbocycles. The SMILES string of the molecule is Cc1ccc(C(=O)N/N=C\C=C\c2ccc([N+](=O)[O-])cc2)c(Cl)c1. The molecule has 1 N–H and O–H groups in total. The van der Waals surface area contributed by atoms with Crippen LogP contribution >= 0.6 is 11.6 Å². The van der Waals surface area contributed by atoms with Gasteiger partial charge in [0.05, 0.1) is 15.5 Å². The van der Waals surface area contributed by atoms with Gasteiger partial charge in [-0.1, -0.05) is 23.7 Å². The van der Waals surface area contributed by atoms with Crippen molar-refractivity contribution < 1.29 is 9.72 Å². The van der Waals surface area contributed by atoms with Crippen molar-refractivity contribution in [1.29, 1.82) is 0 Å². The number of hydrogen-bond donors (Lipinski definition) is 1. The van der Waals surface area contributed by atoms with Crippen molar-refractivity contribution in [3.8, 4) is 0 Å². The fourth-order valence-corrected chi connectivity index (χ4v) is 2.19. The van der Waals surface area contributed by atoms with Crippen molar-refractivity contribution in [2.45, 2.75) is 6.92 Å². The van der Waals surface area contributed by atoms with E-state index in [4.69, 9.17) is 11.6 Å². The third-order valence-corrected chi connectivity index (χ3v) is 3.40. The van der Waals surface area contributed by atoms with Crippen LogP contribution in [0, 0.1) is 17.0 Å². The zero-order chi connectivity index (χ0) is 17.5. The lowest BCUT2D eigenvalue weighted by molar-refractivity contribution is -0.384. The van der Waals surface area contributed by atoms with Gasteiger partial charge in [-0.25, -0.2) is 5.43 Å². The lowest BCUT2D eigenvalue weighted by Crippen LogP contribution is -2.17. The normalized spacial score (nSPS) is 11.1. The third kappa shape index (κ3) is 4.76. The predicted molar refractivity (Wildman–Crippen MR) is 94.3 cm³/mol. The highest BCUT2D eigenvalue weighted by molar-refractivity contribution is 6.33. The zero-order valence-electron chi connectivity index (χ0n) is 12.8. The van der Waals surface area contributed by atoms with E-state index in [0.29, 0.717) is 10.6 Å². The van der Waals surface area contributed by atoms with E-state index in [0.717, 1.165) is 11.1 Å². The number of nitro groups is 1. The zero-order valence-corrected chi connectivity index (χ0v) is 13.5. The molecular formula is C17H14ClN3O3. The first kappa shape index (κ1) is 17.4. The minimum atomic E-state index is -0.458. The fourth-order valence-electron chi connectivity index (χ4n) is 1.86. The van der Waals surface area contributed by atoms with Gasteiger partial charge in [-0.15, -0.1) is 0 Å². The number of nitrogens with one attached hydrogen (secondary N) is 1. The minimum Gasteiger partial charge on any atom is -0.267 e. The van der Waals surface area contributed by atoms with Crippen molar-refractivity contribution in [2.24, 2.45) is 5.10 Å². The van der Waals surface area contributed by atoms with Crippen molar-refractivity contribution in [3.05, 3.63) is 80.4 Å². The Labute approximate surface area is 143 Å². The molecule has 24 heavy (non-hydrogen) atoms. The second kappa shape index (κ2) is 8.03. The molecule has 0 aromatic heterocycles. The molecule has 2 rings (SSSR count). The van der Waals surface area contributed by atoms with E-state index in [9.17, 15) is 14.9 Å². The molecule has 0 heterocycles. The molecule has 0 bridgehead atoms. The summed E-state index contributed by atoms with van der Waals surface area (Å²) in [6.07, 6.45) is 4.72. The standard InChI is InChI=1S/C17H14ClN3O3/c1-12-4-9-15(16(18)11-12)17(22)20-19-10-2-3-13-5-7-14(8-6-13)21(23)24/h2-11H,1H3,(H,20,22)/b3-2+,19-10-. The summed E-state index contributed by atoms with van der Waals surface area (Å²) < 4.78 is 0. The first-order valence-corrected chi connectivity index (χ1v) is 7.36. The number of aryl methyl sites for hydroxylation is 1. The number of amides is 1. The fraction of sp³-hybridized carbons (Fsp3) is 0.0588. The van der Waals surface area contributed by atoms with Crippen molar-refractivity contribution in [3.63, 3.8) is 0 Å². The Kier molecular flexibility index (Phi) is 5.81. The highest BCUT2D eigenvalue weighted by Crippen LogP contribution is 2.17. The Hall–Kier alpha value is -2.99. The predicted octanol–water partition coefficient (Wildman–Crippen LogP) is 3.99. The molecule has 0 aliphatic carbocycles. The quantitative estimate of drug-likeness (QED) is 0.506. The lowest BCUT2D eigenvalue weighted by atomic mass is 10.1. The number of carbonyl (C=O) groups is 1. The number of halogens is 1. The molecule has 122 valence electrons. The van der Waals surface area contributed by atoms with Gasteiger partial charge in [0, 0.05) is 18.3 Å². The molecule has 0 radical (unpaired) electrons. The second-order valence-electron chi connectivity index (χ2n) is 4.91. The lowest BCUT2D eigenvalue weighted by Gasteiger charge is -2.02. The first-order chi connectivity index (χ1) is 11.5. The topological polar surface area (TPSA) is 84.6 Å². The van der Waals surface area contributed by atoms with Gasteiger partial charge in [0.2, 0.25) is 0 Å². The average Bonchev–Trinajstić information content (AvgIpc) is 2.54. The molecule has 2 aromatic rings. The van der Waals surface area contributed by atoms with Crippen molar-refractivity contribution in [1.82, 2.24) is 5.43 Å². The maximum Gasteiger partial charge on any atom is 0.272 e. The smallest absolute Gasteiger partial charge is 0.267 e. The monoisotopic (exact) mass is 343 g/mol. The van der Waals surface area contributed by atoms with Crippen LogP contribution in [0.5, 0.6) is 0 Å². The molecular weight excluding hydrogens is 330 g/mol. The Morgan fingerprint density at radius 3 is 2.58 bits per heavy atom. The summed E-state index contributed by atoms with van der Waals surface area (Å²) in [6, 6.07) is 11.2. The highest BCUT2D eigenvalue weighted by atomic mass is 35.5. The van der Waals surface area contributed by atoms with Crippen LogP contribution in [-0.2, 0) is 0 Å². The van der Waals surface area contributed by atoms with Gasteiger partial charge >= 0.3 is 0 Å². The number of nitro benzene ring substituents is 1. The summed E-state index contributed by atoms with van der Waals surface area (Å²) in [6.45, 7) is 1.88. The summed E-state index contributed by atoms with van der Waals surface area (Å²) in [5.41, 5.74) is 4.49. The highest BCUT2D eigenvalue weighted by Gasteiger charge is 2.08. The Morgan fingerprint density at radius 2 is 1.96 bits per heavy atom. The molecule has 0 fully saturated rings. The summed E-state index contributed by atoms with van der Waals surface area (Å²) in [5.74, 6) is -0.403. The summed E-state index contributed by atoms with van der Waals surface area (Å²) in [4.78, 5) is 22.0. The molecule has 1 amide bonds. The molecule has 0 spiro atoms. The average molecular weight is 344 g/mol. The number of rotatable bonds is 5. The number of benzene rings is 2. The van der Waals surface area contributed by atoms with E-state index in [1.54, 1.807) is 42.5 Å². The number of allylic oxidation sites excluding steroid dienone is 1. The van der Waals surface area contributed by atoms with Crippen molar-refractivity contribution in [2.75, 3.05) is 0 Å². The van der Waals surface area contributed by atoms with E-state index in [-0.39, 0.29) is 5.69 Å². The molecule has 6 nitrogen and oxygen atoms in total. The molecule has 0 saturated carbocycles. The number of non-ortho nitro benzene ring substituents is 1. The van der Waals surface area contributed by atoms with Crippen molar-refractivity contribution >= 4 is 35.5 Å². The van der Waals surface area contributed by atoms with Crippen LogP contribution in [0.1, 0.15) is 21.5 Å². The summed E-state index contributed by atoms with van der Waals surface area (Å²) >= 11 is 6.00. The molecule has 0 atom stereocenters. The number of carbonyl (C=O) groups excluding carboxylic acids is 1. The molecule has 0 unspecified atom stereocenters. The van der Waals surface area contributed by atoms with Crippen LogP contribution in [0.4, 0.5) is 5.69 Å². The van der Waals surface area contributed by atoms with Gasteiger partial charge in [0.15, 0.2) is 0 Å². The van der Waals surface area contributed by atoms with E-state index in [1.165, 1.54) is 18.3 Å². The van der Waals surface area contributed by atoms with E-state index < -0.39 is 10.8 Å². The Balaban J connectivity index is 1.92. The van der Waals surface area contributed by atoms with E-state index in [1.807, 2.05) is 6.92 Å². The number of nitrogens with zero attached hydrogens (tertiary/aromatic N) is 2. The molecule has 0 aliphatic rings. The van der Waals surface area contributed by atoms with Crippen LogP contribution in [-0.4, -0.2) is 17.0 Å². The van der Waals surface area contributed by atoms with Crippen LogP contribution in [0.15, 0.2) is 53.6 Å². The largest absolute Gasteiger partial charge is 0.272 e. The van der Waals surface area contributed by atoms with E-state index in [2.05, 4.69) is 10.5 Å². The maximum absolute atomic E-state index is 11.9. The van der Waals surface area contributed by atoms with Gasteiger partial charge in [-0.2, -0.15) is 5.10 Å². The Morgan fingerprint density at radius 1 is 1.25 bits per heavy atom. The van der Waals surface area contributed by atoms with Crippen LogP contribution in [0.3, 0.4) is 0 Å². The number of hydrogen-bond acceptors (Lipinski definition) is 4. The van der Waals surface area contributed by atoms with Gasteiger partial charge in [-0.05, 0) is 48.4 Å². The summed E-state index contributed by atoms with van der Waals surface area (Å²) in [5, 5.41) is 14.7. The van der Waals surface area contributed by atoms with Gasteiger partial charge in [0.25, 0.3) is 11.6 Å². The van der Waals surface area contributed by atoms with Crippen LogP contribution in [0.25, 0.3) is 6.08 Å². The molecule has 7 heteroatoms. The van der Waals surface area contributed by atoms with Gasteiger partial charge in [0.1, 0.15) is 0 Å². The van der Waals surface area contributed by atoms with Crippen LogP contribution < -0.4 is 5.43 Å².